The Labute approximate surface area is 151 Å². The van der Waals surface area contributed by atoms with Crippen LogP contribution in [0.15, 0.2) is 34.7 Å². The quantitative estimate of drug-likeness (QED) is 0.467. The topological polar surface area (TPSA) is 66.8 Å². The molecule has 1 fully saturated rings. The lowest BCUT2D eigenvalue weighted by Gasteiger charge is -2.17. The zero-order valence-corrected chi connectivity index (χ0v) is 15.1. The Bertz CT molecular complexity index is 721. The number of hydrogen-bond donors (Lipinski definition) is 1. The van der Waals surface area contributed by atoms with Crippen LogP contribution in [-0.2, 0) is 16.0 Å². The van der Waals surface area contributed by atoms with Gasteiger partial charge in [-0.25, -0.2) is 4.98 Å². The van der Waals surface area contributed by atoms with Crippen LogP contribution in [0.25, 0.3) is 0 Å². The molecule has 1 aliphatic heterocycles. The molecule has 132 valence electrons. The van der Waals surface area contributed by atoms with Crippen LogP contribution in [0.2, 0.25) is 0 Å². The molecule has 1 aromatic heterocycles. The van der Waals surface area contributed by atoms with Crippen LogP contribution in [0.4, 0.5) is 10.8 Å². The van der Waals surface area contributed by atoms with Crippen molar-refractivity contribution in [3.8, 4) is 0 Å². The van der Waals surface area contributed by atoms with Crippen molar-refractivity contribution in [2.45, 2.75) is 26.2 Å². The summed E-state index contributed by atoms with van der Waals surface area (Å²) in [6, 6.07) is 8.39. The number of carbonyl (C=O) groups excluding carboxylic acids is 1. The molecule has 3 rings (SSSR count). The number of thiazole rings is 1. The molecule has 0 aliphatic carbocycles. The highest BCUT2D eigenvalue weighted by Crippen LogP contribution is 2.20. The van der Waals surface area contributed by atoms with Gasteiger partial charge in [0.1, 0.15) is 0 Å². The van der Waals surface area contributed by atoms with Gasteiger partial charge in [0.05, 0.1) is 24.9 Å². The van der Waals surface area contributed by atoms with E-state index in [1.165, 1.54) is 29.9 Å². The molecule has 25 heavy (non-hydrogen) atoms. The molecule has 1 aliphatic rings. The maximum Gasteiger partial charge on any atom is 0.311 e. The second-order valence-electron chi connectivity index (χ2n) is 5.78. The summed E-state index contributed by atoms with van der Waals surface area (Å²) in [6.45, 7) is 4.47. The molecule has 1 saturated heterocycles. The second kappa shape index (κ2) is 8.62. The van der Waals surface area contributed by atoms with Crippen molar-refractivity contribution < 1.29 is 9.53 Å². The molecule has 7 heteroatoms. The van der Waals surface area contributed by atoms with E-state index in [0.29, 0.717) is 17.4 Å². The molecule has 6 nitrogen and oxygen atoms in total. The van der Waals surface area contributed by atoms with E-state index in [2.05, 4.69) is 44.7 Å². The lowest BCUT2D eigenvalue weighted by Crippen LogP contribution is -2.17. The van der Waals surface area contributed by atoms with Crippen molar-refractivity contribution in [1.82, 2.24) is 4.98 Å². The fourth-order valence-electron chi connectivity index (χ4n) is 2.71. The minimum atomic E-state index is -0.263. The SMILES string of the molecule is CCOC(=O)Cc1csc(NN=Cc2ccc(N3CCCC3)cc2)n1. The third kappa shape index (κ3) is 5.03. The normalized spacial score (nSPS) is 14.2. The zero-order valence-electron chi connectivity index (χ0n) is 14.3. The molecule has 0 saturated carbocycles. The van der Waals surface area contributed by atoms with Gasteiger partial charge < -0.3 is 9.64 Å². The summed E-state index contributed by atoms with van der Waals surface area (Å²) in [5, 5.41) is 6.70. The van der Waals surface area contributed by atoms with E-state index in [1.807, 2.05) is 5.38 Å². The van der Waals surface area contributed by atoms with Gasteiger partial charge in [-0.1, -0.05) is 12.1 Å². The molecule has 0 spiro atoms. The number of ether oxygens (including phenoxy) is 1. The zero-order chi connectivity index (χ0) is 17.5. The Hall–Kier alpha value is -2.41. The minimum Gasteiger partial charge on any atom is -0.466 e. The fourth-order valence-corrected chi connectivity index (χ4v) is 3.37. The van der Waals surface area contributed by atoms with Crippen LogP contribution in [0.3, 0.4) is 0 Å². The first-order chi connectivity index (χ1) is 12.2. The highest BCUT2D eigenvalue weighted by atomic mass is 32.1. The van der Waals surface area contributed by atoms with Crippen LogP contribution in [0.5, 0.6) is 0 Å². The molecule has 2 heterocycles. The molecular weight excluding hydrogens is 336 g/mol. The number of esters is 1. The van der Waals surface area contributed by atoms with E-state index in [9.17, 15) is 4.79 Å². The van der Waals surface area contributed by atoms with Crippen molar-refractivity contribution in [2.24, 2.45) is 5.10 Å². The van der Waals surface area contributed by atoms with Crippen LogP contribution < -0.4 is 10.3 Å². The Morgan fingerprint density at radius 1 is 1.36 bits per heavy atom. The average Bonchev–Trinajstić information content (AvgIpc) is 3.28. The number of benzene rings is 1. The van der Waals surface area contributed by atoms with Crippen LogP contribution >= 0.6 is 11.3 Å². The van der Waals surface area contributed by atoms with Crippen molar-refractivity contribution in [3.05, 3.63) is 40.9 Å². The third-order valence-electron chi connectivity index (χ3n) is 3.92. The fraction of sp³-hybridized carbons (Fsp3) is 0.389. The van der Waals surface area contributed by atoms with E-state index >= 15 is 0 Å². The van der Waals surface area contributed by atoms with Crippen molar-refractivity contribution in [3.63, 3.8) is 0 Å². The molecule has 0 radical (unpaired) electrons. The number of aromatic nitrogens is 1. The number of carbonyl (C=O) groups is 1. The predicted octanol–water partition coefficient (Wildman–Crippen LogP) is 3.29. The van der Waals surface area contributed by atoms with Gasteiger partial charge in [-0.2, -0.15) is 5.10 Å². The maximum absolute atomic E-state index is 11.4. The summed E-state index contributed by atoms with van der Waals surface area (Å²) < 4.78 is 4.91. The second-order valence-corrected chi connectivity index (χ2v) is 6.64. The molecule has 2 aromatic rings. The predicted molar refractivity (Wildman–Crippen MR) is 102 cm³/mol. The smallest absolute Gasteiger partial charge is 0.311 e. The standard InChI is InChI=1S/C18H22N4O2S/c1-2-24-17(23)11-15-13-25-18(20-15)21-19-12-14-5-7-16(8-6-14)22-9-3-4-10-22/h5-8,12-13H,2-4,9-11H2,1H3,(H,20,21). The lowest BCUT2D eigenvalue weighted by atomic mass is 10.2. The highest BCUT2D eigenvalue weighted by molar-refractivity contribution is 7.13. The Morgan fingerprint density at radius 2 is 2.12 bits per heavy atom. The van der Waals surface area contributed by atoms with Gasteiger partial charge in [-0.05, 0) is 37.5 Å². The maximum atomic E-state index is 11.4. The van der Waals surface area contributed by atoms with Gasteiger partial charge in [0.2, 0.25) is 5.13 Å². The van der Waals surface area contributed by atoms with Gasteiger partial charge in [0, 0.05) is 24.2 Å². The molecule has 1 aromatic carbocycles. The lowest BCUT2D eigenvalue weighted by molar-refractivity contribution is -0.142. The van der Waals surface area contributed by atoms with Gasteiger partial charge in [0.25, 0.3) is 0 Å². The highest BCUT2D eigenvalue weighted by Gasteiger charge is 2.11. The molecule has 0 amide bonds. The summed E-state index contributed by atoms with van der Waals surface area (Å²) in [5.41, 5.74) is 5.89. The van der Waals surface area contributed by atoms with Gasteiger partial charge in [-0.3, -0.25) is 10.2 Å². The molecule has 1 N–H and O–H groups in total. The van der Waals surface area contributed by atoms with Gasteiger partial charge in [-0.15, -0.1) is 11.3 Å². The van der Waals surface area contributed by atoms with E-state index in [1.54, 1.807) is 13.1 Å². The van der Waals surface area contributed by atoms with Crippen molar-refractivity contribution >= 4 is 34.3 Å². The van der Waals surface area contributed by atoms with Crippen molar-refractivity contribution in [1.29, 1.82) is 0 Å². The summed E-state index contributed by atoms with van der Waals surface area (Å²) >= 11 is 1.41. The van der Waals surface area contributed by atoms with E-state index in [-0.39, 0.29) is 12.4 Å². The number of hydrazone groups is 1. The molecule has 0 atom stereocenters. The van der Waals surface area contributed by atoms with E-state index < -0.39 is 0 Å². The third-order valence-corrected chi connectivity index (χ3v) is 4.72. The molecule has 0 unspecified atom stereocenters. The summed E-state index contributed by atoms with van der Waals surface area (Å²) in [4.78, 5) is 18.2. The Balaban J connectivity index is 1.51. The number of rotatable bonds is 7. The first-order valence-corrected chi connectivity index (χ1v) is 9.36. The minimum absolute atomic E-state index is 0.188. The molecule has 0 bridgehead atoms. The van der Waals surface area contributed by atoms with Crippen molar-refractivity contribution in [2.75, 3.05) is 30.0 Å². The largest absolute Gasteiger partial charge is 0.466 e. The number of nitrogens with one attached hydrogen (secondary N) is 1. The molecular formula is C18H22N4O2S. The number of anilines is 2. The first kappa shape index (κ1) is 17.4. The number of hydrogen-bond acceptors (Lipinski definition) is 7. The average molecular weight is 358 g/mol. The Morgan fingerprint density at radius 3 is 2.84 bits per heavy atom. The van der Waals surface area contributed by atoms with Crippen LogP contribution in [0.1, 0.15) is 31.0 Å². The summed E-state index contributed by atoms with van der Waals surface area (Å²) in [5.74, 6) is -0.263. The van der Waals surface area contributed by atoms with Crippen LogP contribution in [-0.4, -0.2) is 36.9 Å². The number of nitrogens with zero attached hydrogens (tertiary/aromatic N) is 3. The van der Waals surface area contributed by atoms with E-state index in [0.717, 1.165) is 18.7 Å². The Kier molecular flexibility index (Phi) is 6.00. The monoisotopic (exact) mass is 358 g/mol. The van der Waals surface area contributed by atoms with Gasteiger partial charge in [0.15, 0.2) is 0 Å². The summed E-state index contributed by atoms with van der Waals surface area (Å²) in [7, 11) is 0. The van der Waals surface area contributed by atoms with Crippen LogP contribution in [0, 0.1) is 0 Å². The van der Waals surface area contributed by atoms with Gasteiger partial charge >= 0.3 is 5.97 Å². The summed E-state index contributed by atoms with van der Waals surface area (Å²) in [6.07, 6.45) is 4.51. The van der Waals surface area contributed by atoms with E-state index in [4.69, 9.17) is 4.74 Å². The first-order valence-electron chi connectivity index (χ1n) is 8.48.